The van der Waals surface area contributed by atoms with Gasteiger partial charge in [0.05, 0.1) is 5.69 Å². The van der Waals surface area contributed by atoms with Gasteiger partial charge in [0.15, 0.2) is 0 Å². The zero-order valence-corrected chi connectivity index (χ0v) is 10.5. The Bertz CT molecular complexity index is 428. The van der Waals surface area contributed by atoms with Crippen LogP contribution < -0.4 is 5.32 Å². The highest BCUT2D eigenvalue weighted by Gasteiger charge is 2.16. The molecular formula is C13H18N2O3. The van der Waals surface area contributed by atoms with Crippen molar-refractivity contribution in [3.63, 3.8) is 0 Å². The maximum atomic E-state index is 11.1. The van der Waals surface area contributed by atoms with Crippen LogP contribution in [0.2, 0.25) is 0 Å². The SMILES string of the molecule is Cc1cc(NCC2CCOCC2)c(C(=O)O)cn1. The number of aromatic nitrogens is 1. The van der Waals surface area contributed by atoms with E-state index in [0.717, 1.165) is 38.3 Å². The van der Waals surface area contributed by atoms with Crippen molar-refractivity contribution in [2.24, 2.45) is 5.92 Å². The molecule has 18 heavy (non-hydrogen) atoms. The second-order valence-corrected chi connectivity index (χ2v) is 4.61. The molecule has 2 rings (SSSR count). The molecule has 0 bridgehead atoms. The summed E-state index contributed by atoms with van der Waals surface area (Å²) in [4.78, 5) is 15.1. The summed E-state index contributed by atoms with van der Waals surface area (Å²) in [7, 11) is 0. The lowest BCUT2D eigenvalue weighted by atomic mass is 10.0. The molecule has 1 saturated heterocycles. The largest absolute Gasteiger partial charge is 0.478 e. The van der Waals surface area contributed by atoms with E-state index in [0.29, 0.717) is 11.6 Å². The maximum Gasteiger partial charge on any atom is 0.339 e. The Hall–Kier alpha value is -1.62. The first-order chi connectivity index (χ1) is 8.66. The number of carboxylic acid groups (broad SMARTS) is 1. The van der Waals surface area contributed by atoms with Gasteiger partial charge in [0.1, 0.15) is 5.56 Å². The van der Waals surface area contributed by atoms with E-state index in [1.165, 1.54) is 6.20 Å². The van der Waals surface area contributed by atoms with Crippen LogP contribution >= 0.6 is 0 Å². The Morgan fingerprint density at radius 3 is 2.94 bits per heavy atom. The summed E-state index contributed by atoms with van der Waals surface area (Å²) in [5.74, 6) is -0.397. The molecule has 5 nitrogen and oxygen atoms in total. The molecule has 0 spiro atoms. The third kappa shape index (κ3) is 3.20. The van der Waals surface area contributed by atoms with E-state index in [1.807, 2.05) is 6.92 Å². The van der Waals surface area contributed by atoms with E-state index < -0.39 is 5.97 Å². The third-order valence-corrected chi connectivity index (χ3v) is 3.19. The molecule has 5 heteroatoms. The van der Waals surface area contributed by atoms with Crippen LogP contribution in [0.3, 0.4) is 0 Å². The first-order valence-corrected chi connectivity index (χ1v) is 6.18. The van der Waals surface area contributed by atoms with E-state index in [4.69, 9.17) is 9.84 Å². The van der Waals surface area contributed by atoms with E-state index in [1.54, 1.807) is 6.07 Å². The van der Waals surface area contributed by atoms with E-state index in [2.05, 4.69) is 10.3 Å². The number of aromatic carboxylic acids is 1. The Kier molecular flexibility index (Phi) is 4.15. The van der Waals surface area contributed by atoms with Crippen molar-refractivity contribution in [2.75, 3.05) is 25.1 Å². The average Bonchev–Trinajstić information content (AvgIpc) is 2.37. The normalized spacial score (nSPS) is 16.5. The van der Waals surface area contributed by atoms with Crippen LogP contribution in [0.25, 0.3) is 0 Å². The van der Waals surface area contributed by atoms with Gasteiger partial charge in [-0.15, -0.1) is 0 Å². The summed E-state index contributed by atoms with van der Waals surface area (Å²) < 4.78 is 5.30. The molecule has 2 heterocycles. The van der Waals surface area contributed by atoms with Gasteiger partial charge >= 0.3 is 5.97 Å². The fraction of sp³-hybridized carbons (Fsp3) is 0.538. The maximum absolute atomic E-state index is 11.1. The lowest BCUT2D eigenvalue weighted by Gasteiger charge is -2.23. The molecule has 98 valence electrons. The van der Waals surface area contributed by atoms with Crippen LogP contribution in [0.15, 0.2) is 12.3 Å². The van der Waals surface area contributed by atoms with Crippen LogP contribution in [0.1, 0.15) is 28.9 Å². The van der Waals surface area contributed by atoms with E-state index >= 15 is 0 Å². The van der Waals surface area contributed by atoms with E-state index in [9.17, 15) is 4.79 Å². The van der Waals surface area contributed by atoms with Crippen molar-refractivity contribution < 1.29 is 14.6 Å². The van der Waals surface area contributed by atoms with Gasteiger partial charge in [-0.1, -0.05) is 0 Å². The van der Waals surface area contributed by atoms with Crippen LogP contribution in [0.5, 0.6) is 0 Å². The van der Waals surface area contributed by atoms with Crippen molar-refractivity contribution >= 4 is 11.7 Å². The monoisotopic (exact) mass is 250 g/mol. The minimum Gasteiger partial charge on any atom is -0.478 e. The Labute approximate surface area is 106 Å². The lowest BCUT2D eigenvalue weighted by molar-refractivity contribution is 0.0688. The van der Waals surface area contributed by atoms with Crippen molar-refractivity contribution in [2.45, 2.75) is 19.8 Å². The molecule has 1 aromatic rings. The fourth-order valence-electron chi connectivity index (χ4n) is 2.08. The van der Waals surface area contributed by atoms with Gasteiger partial charge in [-0.2, -0.15) is 0 Å². The predicted molar refractivity (Wildman–Crippen MR) is 68.0 cm³/mol. The van der Waals surface area contributed by atoms with Crippen molar-refractivity contribution in [1.82, 2.24) is 4.98 Å². The van der Waals surface area contributed by atoms with Gasteiger partial charge in [-0.25, -0.2) is 4.79 Å². The van der Waals surface area contributed by atoms with E-state index in [-0.39, 0.29) is 5.56 Å². The second-order valence-electron chi connectivity index (χ2n) is 4.61. The zero-order chi connectivity index (χ0) is 13.0. The number of hydrogen-bond acceptors (Lipinski definition) is 4. The molecule has 0 aromatic carbocycles. The molecule has 0 aliphatic carbocycles. The summed E-state index contributed by atoms with van der Waals surface area (Å²) >= 11 is 0. The van der Waals surface area contributed by atoms with Crippen LogP contribution in [0.4, 0.5) is 5.69 Å². The highest BCUT2D eigenvalue weighted by Crippen LogP contribution is 2.19. The Balaban J connectivity index is 2.03. The Morgan fingerprint density at radius 1 is 1.56 bits per heavy atom. The number of carboxylic acids is 1. The molecule has 0 unspecified atom stereocenters. The van der Waals surface area contributed by atoms with Crippen molar-refractivity contribution in [1.29, 1.82) is 0 Å². The molecule has 1 aliphatic heterocycles. The van der Waals surface area contributed by atoms with Crippen LogP contribution in [-0.4, -0.2) is 35.8 Å². The average molecular weight is 250 g/mol. The topological polar surface area (TPSA) is 71.5 Å². The second kappa shape index (κ2) is 5.82. The van der Waals surface area contributed by atoms with Crippen molar-refractivity contribution in [3.05, 3.63) is 23.5 Å². The number of carbonyl (C=O) groups is 1. The summed E-state index contributed by atoms with van der Waals surface area (Å²) in [6.45, 7) is 4.24. The quantitative estimate of drug-likeness (QED) is 0.854. The van der Waals surface area contributed by atoms with Gasteiger partial charge in [0, 0.05) is 31.6 Å². The van der Waals surface area contributed by atoms with Crippen molar-refractivity contribution in [3.8, 4) is 0 Å². The van der Waals surface area contributed by atoms with Crippen LogP contribution in [-0.2, 0) is 4.74 Å². The third-order valence-electron chi connectivity index (χ3n) is 3.19. The first kappa shape index (κ1) is 12.8. The molecular weight excluding hydrogens is 232 g/mol. The number of pyridine rings is 1. The van der Waals surface area contributed by atoms with Gasteiger partial charge in [-0.3, -0.25) is 4.98 Å². The fourth-order valence-corrected chi connectivity index (χ4v) is 2.08. The van der Waals surface area contributed by atoms with Gasteiger partial charge in [0.2, 0.25) is 0 Å². The highest BCUT2D eigenvalue weighted by molar-refractivity contribution is 5.93. The van der Waals surface area contributed by atoms with Gasteiger partial charge in [-0.05, 0) is 31.7 Å². The molecule has 2 N–H and O–H groups in total. The van der Waals surface area contributed by atoms with Gasteiger partial charge < -0.3 is 15.2 Å². The molecule has 1 fully saturated rings. The zero-order valence-electron chi connectivity index (χ0n) is 10.5. The molecule has 0 saturated carbocycles. The molecule has 1 aliphatic rings. The molecule has 0 amide bonds. The predicted octanol–water partition coefficient (Wildman–Crippen LogP) is 1.93. The summed E-state index contributed by atoms with van der Waals surface area (Å²) in [6.07, 6.45) is 3.46. The minimum absolute atomic E-state index is 0.229. The summed E-state index contributed by atoms with van der Waals surface area (Å²) in [5.41, 5.74) is 1.70. The number of aryl methyl sites for hydroxylation is 1. The number of anilines is 1. The number of hydrogen-bond donors (Lipinski definition) is 2. The smallest absolute Gasteiger partial charge is 0.339 e. The first-order valence-electron chi connectivity index (χ1n) is 6.18. The number of nitrogens with one attached hydrogen (secondary N) is 1. The highest BCUT2D eigenvalue weighted by atomic mass is 16.5. The summed E-state index contributed by atoms with van der Waals surface area (Å²) in [5, 5.41) is 12.3. The number of nitrogens with zero attached hydrogens (tertiary/aromatic N) is 1. The molecule has 1 aromatic heterocycles. The standard InChI is InChI=1S/C13H18N2O3/c1-9-6-12(11(8-14-9)13(16)17)15-7-10-2-4-18-5-3-10/h6,8,10H,2-5,7H2,1H3,(H,14,15)(H,16,17). The minimum atomic E-state index is -0.947. The number of rotatable bonds is 4. The number of ether oxygens (including phenoxy) is 1. The van der Waals surface area contributed by atoms with Crippen LogP contribution in [0, 0.1) is 12.8 Å². The van der Waals surface area contributed by atoms with Gasteiger partial charge in [0.25, 0.3) is 0 Å². The Morgan fingerprint density at radius 2 is 2.28 bits per heavy atom. The lowest BCUT2D eigenvalue weighted by Crippen LogP contribution is -2.23. The summed E-state index contributed by atoms with van der Waals surface area (Å²) in [6, 6.07) is 1.78. The molecule has 0 radical (unpaired) electrons. The molecule has 0 atom stereocenters.